The van der Waals surface area contributed by atoms with Crippen molar-refractivity contribution in [3.63, 3.8) is 0 Å². The molecule has 8 rings (SSSR count). The van der Waals surface area contributed by atoms with Crippen LogP contribution in [-0.4, -0.2) is 80.9 Å². The fourth-order valence-corrected chi connectivity index (χ4v) is 9.28. The van der Waals surface area contributed by atoms with Crippen molar-refractivity contribution < 1.29 is 49.1 Å². The minimum atomic E-state index is -5.09. The summed E-state index contributed by atoms with van der Waals surface area (Å²) in [6.07, 6.45) is -3.84. The third-order valence-electron chi connectivity index (χ3n) is 11.6. The number of anilines is 1. The molecule has 2 fully saturated rings. The number of hydrogen-bond donors (Lipinski definition) is 3. The van der Waals surface area contributed by atoms with Crippen LogP contribution in [0, 0.1) is 35.3 Å². The summed E-state index contributed by atoms with van der Waals surface area (Å²) in [6.45, 7) is 1.50. The molecule has 0 bridgehead atoms. The topological polar surface area (TPSA) is 147 Å². The van der Waals surface area contributed by atoms with Crippen molar-refractivity contribution in [1.82, 2.24) is 34.8 Å². The van der Waals surface area contributed by atoms with Crippen molar-refractivity contribution in [2.75, 3.05) is 31.1 Å². The molecule has 20 heteroatoms. The van der Waals surface area contributed by atoms with E-state index in [0.29, 0.717) is 53.1 Å². The number of likely N-dealkylation sites (tertiary alicyclic amines) is 1. The quantitative estimate of drug-likeness (QED) is 0.123. The molecular weight excluding hydrogens is 834 g/mol. The molecule has 4 heterocycles. The van der Waals surface area contributed by atoms with E-state index in [1.807, 2.05) is 11.9 Å². The standard InChI is InChI=1S/C41H39F7N8O4S/c1-21-31-32-36(41(46,47)48)51-56(37(32)40(44,45)33(21)31)20-30(57)50-29(18-22-16-23(42)19-24(43)17-22)34-26(9-8-25(49-34)10-11-39(58)12-14-54(2)15-13-39)27-6-5-7-28-35(27)55(3)52-38(28)53-61(4,59)60/h5-9,16-17,19,21,29,31,33,58H,12-15,18,20H2,1-4H3,(H,50,57)(H,52,53)/t21-,29+,31-,33-/m1/s1. The highest BCUT2D eigenvalue weighted by molar-refractivity contribution is 7.92. The van der Waals surface area contributed by atoms with Gasteiger partial charge in [0.05, 0.1) is 23.5 Å². The van der Waals surface area contributed by atoms with Crippen molar-refractivity contribution in [3.05, 3.63) is 94.1 Å². The van der Waals surface area contributed by atoms with Gasteiger partial charge >= 0.3 is 6.18 Å². The Balaban J connectivity index is 1.26. The number of sulfonamides is 1. The van der Waals surface area contributed by atoms with Crippen LogP contribution in [0.3, 0.4) is 0 Å². The normalized spacial score (nSPS) is 21.0. The molecule has 0 radical (unpaired) electrons. The average molecular weight is 873 g/mol. The van der Waals surface area contributed by atoms with Crippen molar-refractivity contribution in [1.29, 1.82) is 0 Å². The molecule has 1 aliphatic heterocycles. The number of nitrogens with one attached hydrogen (secondary N) is 2. The highest BCUT2D eigenvalue weighted by Crippen LogP contribution is 2.71. The fraction of sp³-hybridized carbons (Fsp3) is 0.415. The third kappa shape index (κ3) is 8.06. The summed E-state index contributed by atoms with van der Waals surface area (Å²) < 4.78 is 132. The number of amides is 1. The number of para-hydroxylation sites is 1. The van der Waals surface area contributed by atoms with E-state index < -0.39 is 92.6 Å². The van der Waals surface area contributed by atoms with Crippen LogP contribution < -0.4 is 10.0 Å². The van der Waals surface area contributed by atoms with E-state index >= 15 is 8.78 Å². The Hall–Kier alpha value is -5.52. The predicted molar refractivity (Wildman–Crippen MR) is 208 cm³/mol. The van der Waals surface area contributed by atoms with Gasteiger partial charge < -0.3 is 15.3 Å². The van der Waals surface area contributed by atoms with E-state index in [4.69, 9.17) is 4.98 Å². The Morgan fingerprint density at radius 3 is 2.38 bits per heavy atom. The van der Waals surface area contributed by atoms with Crippen LogP contribution >= 0.6 is 0 Å². The molecule has 2 aromatic carbocycles. The van der Waals surface area contributed by atoms with Crippen LogP contribution in [0.25, 0.3) is 22.0 Å². The number of aliphatic hydroxyl groups is 1. The minimum Gasteiger partial charge on any atom is -0.377 e. The fourth-order valence-electron chi connectivity index (χ4n) is 8.78. The number of aryl methyl sites for hydroxylation is 1. The number of halogens is 7. The summed E-state index contributed by atoms with van der Waals surface area (Å²) in [7, 11) is -0.323. The van der Waals surface area contributed by atoms with Gasteiger partial charge in [0.15, 0.2) is 11.5 Å². The van der Waals surface area contributed by atoms with Gasteiger partial charge in [-0.2, -0.15) is 32.1 Å². The second kappa shape index (κ2) is 14.8. The number of carbonyl (C=O) groups excluding carboxylic acids is 1. The lowest BCUT2D eigenvalue weighted by Crippen LogP contribution is -2.41. The molecule has 12 nitrogen and oxygen atoms in total. The van der Waals surface area contributed by atoms with Crippen LogP contribution in [0.15, 0.2) is 48.5 Å². The summed E-state index contributed by atoms with van der Waals surface area (Å²) in [5, 5.41) is 22.1. The number of fused-ring (bicyclic) bond motifs is 4. The van der Waals surface area contributed by atoms with Gasteiger partial charge in [0.1, 0.15) is 35.2 Å². The van der Waals surface area contributed by atoms with E-state index in [-0.39, 0.29) is 34.8 Å². The van der Waals surface area contributed by atoms with Gasteiger partial charge in [0, 0.05) is 73.0 Å². The van der Waals surface area contributed by atoms with Crippen LogP contribution in [0.1, 0.15) is 65.6 Å². The number of nitrogens with zero attached hydrogens (tertiary/aromatic N) is 6. The van der Waals surface area contributed by atoms with Crippen LogP contribution in [-0.2, 0) is 46.9 Å². The number of aromatic nitrogens is 5. The lowest BCUT2D eigenvalue weighted by atomic mass is 9.92. The molecule has 2 aliphatic carbocycles. The molecule has 3 aliphatic rings. The Kier molecular flexibility index (Phi) is 10.3. The van der Waals surface area contributed by atoms with Gasteiger partial charge in [-0.1, -0.05) is 25.0 Å². The maximum atomic E-state index is 15.7. The minimum absolute atomic E-state index is 0.000816. The molecule has 4 atom stereocenters. The van der Waals surface area contributed by atoms with E-state index in [0.717, 1.165) is 18.4 Å². The SMILES string of the molecule is C[C@@H]1[C@@H]2c3c(C(F)(F)F)nn(CC(=O)N[C@@H](Cc4cc(F)cc(F)c4)c4nc(C#CC5(O)CCN(C)CC5)ccc4-c4cccc5c(NS(C)(=O)=O)nn(C)c45)c3C(F)(F)[C@H]12. The zero-order valence-corrected chi connectivity index (χ0v) is 33.9. The van der Waals surface area contributed by atoms with Crippen molar-refractivity contribution in [2.24, 2.45) is 18.9 Å². The van der Waals surface area contributed by atoms with Gasteiger partial charge in [-0.3, -0.25) is 18.9 Å². The molecule has 1 amide bonds. The van der Waals surface area contributed by atoms with Crippen molar-refractivity contribution >= 4 is 32.7 Å². The van der Waals surface area contributed by atoms with Crippen molar-refractivity contribution in [2.45, 2.75) is 62.4 Å². The number of benzene rings is 2. The summed E-state index contributed by atoms with van der Waals surface area (Å²) >= 11 is 0. The molecule has 322 valence electrons. The van der Waals surface area contributed by atoms with E-state index in [9.17, 15) is 40.3 Å². The molecular formula is C41H39F7N8O4S. The smallest absolute Gasteiger partial charge is 0.377 e. The number of piperidine rings is 1. The number of rotatable bonds is 9. The summed E-state index contributed by atoms with van der Waals surface area (Å²) in [5.41, 5.74) is -3.27. The summed E-state index contributed by atoms with van der Waals surface area (Å²) in [5.74, 6) is -4.08. The molecule has 1 saturated heterocycles. The van der Waals surface area contributed by atoms with Crippen LogP contribution in [0.2, 0.25) is 0 Å². The Morgan fingerprint density at radius 2 is 1.72 bits per heavy atom. The first-order chi connectivity index (χ1) is 28.5. The summed E-state index contributed by atoms with van der Waals surface area (Å²) in [4.78, 5) is 20.9. The zero-order valence-electron chi connectivity index (χ0n) is 33.1. The second-order valence-corrected chi connectivity index (χ2v) is 17.9. The number of hydrogen-bond acceptors (Lipinski definition) is 8. The van der Waals surface area contributed by atoms with Gasteiger partial charge in [0.2, 0.25) is 15.9 Å². The molecule has 5 aromatic rings. The van der Waals surface area contributed by atoms with E-state index in [1.54, 1.807) is 31.3 Å². The first-order valence-electron chi connectivity index (χ1n) is 19.2. The monoisotopic (exact) mass is 872 g/mol. The molecule has 0 unspecified atom stereocenters. The molecule has 3 N–H and O–H groups in total. The van der Waals surface area contributed by atoms with Crippen LogP contribution in [0.4, 0.5) is 36.6 Å². The van der Waals surface area contributed by atoms with Gasteiger partial charge in [-0.05, 0) is 61.2 Å². The van der Waals surface area contributed by atoms with Crippen LogP contribution in [0.5, 0.6) is 0 Å². The maximum Gasteiger partial charge on any atom is 0.435 e. The lowest BCUT2D eigenvalue weighted by molar-refractivity contribution is -0.142. The lowest BCUT2D eigenvalue weighted by Gasteiger charge is -2.32. The largest absolute Gasteiger partial charge is 0.435 e. The highest BCUT2D eigenvalue weighted by Gasteiger charge is 2.72. The average Bonchev–Trinajstić information content (AvgIpc) is 3.39. The highest BCUT2D eigenvalue weighted by atomic mass is 32.2. The van der Waals surface area contributed by atoms with E-state index in [2.05, 4.69) is 32.1 Å². The Bertz CT molecular complexity index is 2750. The summed E-state index contributed by atoms with van der Waals surface area (Å²) in [6, 6.07) is 9.29. The van der Waals surface area contributed by atoms with Gasteiger partial charge in [-0.15, -0.1) is 0 Å². The molecule has 61 heavy (non-hydrogen) atoms. The predicted octanol–water partition coefficient (Wildman–Crippen LogP) is 5.86. The maximum absolute atomic E-state index is 15.7. The molecule has 1 saturated carbocycles. The molecule has 0 spiro atoms. The first-order valence-corrected chi connectivity index (χ1v) is 21.1. The van der Waals surface area contributed by atoms with Gasteiger partial charge in [0.25, 0.3) is 5.92 Å². The zero-order chi connectivity index (χ0) is 44.0. The Labute approximate surface area is 345 Å². The third-order valence-corrected chi connectivity index (χ3v) is 12.2. The Morgan fingerprint density at radius 1 is 1.03 bits per heavy atom. The van der Waals surface area contributed by atoms with Gasteiger partial charge in [-0.25, -0.2) is 22.2 Å². The van der Waals surface area contributed by atoms with Crippen molar-refractivity contribution in [3.8, 4) is 23.0 Å². The number of carbonyl (C=O) groups is 1. The van der Waals surface area contributed by atoms with E-state index in [1.165, 1.54) is 17.7 Å². The second-order valence-electron chi connectivity index (χ2n) is 16.2. The number of pyridine rings is 1. The number of alkyl halides is 5. The first kappa shape index (κ1) is 42.2. The molecule has 3 aromatic heterocycles.